The first-order valence-corrected chi connectivity index (χ1v) is 9.31. The third-order valence-corrected chi connectivity index (χ3v) is 4.41. The van der Waals surface area contributed by atoms with Gasteiger partial charge in [0.15, 0.2) is 0 Å². The molecule has 1 N–H and O–H groups in total. The summed E-state index contributed by atoms with van der Waals surface area (Å²) in [4.78, 5) is 37.6. The number of rotatable bonds is 8. The molecule has 1 atom stereocenters. The van der Waals surface area contributed by atoms with Gasteiger partial charge >= 0.3 is 5.97 Å². The van der Waals surface area contributed by atoms with Gasteiger partial charge in [0.1, 0.15) is 0 Å². The fourth-order valence-electron chi connectivity index (χ4n) is 2.88. The molecule has 0 fully saturated rings. The van der Waals surface area contributed by atoms with Crippen molar-refractivity contribution in [1.82, 2.24) is 4.90 Å². The number of amides is 2. The van der Waals surface area contributed by atoms with E-state index in [-0.39, 0.29) is 24.3 Å². The lowest BCUT2D eigenvalue weighted by Gasteiger charge is -2.28. The van der Waals surface area contributed by atoms with E-state index in [0.29, 0.717) is 24.4 Å². The van der Waals surface area contributed by atoms with E-state index in [1.807, 2.05) is 37.3 Å². The third kappa shape index (κ3) is 5.94. The minimum atomic E-state index is -0.396. The van der Waals surface area contributed by atoms with Crippen LogP contribution >= 0.6 is 0 Å². The van der Waals surface area contributed by atoms with Crippen molar-refractivity contribution in [3.05, 3.63) is 65.7 Å². The number of anilines is 1. The molecule has 2 aromatic rings. The summed E-state index contributed by atoms with van der Waals surface area (Å²) in [6.45, 7) is 5.83. The molecule has 2 aromatic carbocycles. The second kappa shape index (κ2) is 10.3. The van der Waals surface area contributed by atoms with Gasteiger partial charge in [-0.05, 0) is 43.7 Å². The molecule has 0 spiro atoms. The van der Waals surface area contributed by atoms with Gasteiger partial charge in [-0.1, -0.05) is 30.3 Å². The van der Waals surface area contributed by atoms with Crippen LogP contribution in [0.5, 0.6) is 0 Å². The molecule has 0 aliphatic carbocycles. The summed E-state index contributed by atoms with van der Waals surface area (Å²) in [5, 5.41) is 2.78. The highest BCUT2D eigenvalue weighted by atomic mass is 16.5. The van der Waals surface area contributed by atoms with Crippen LogP contribution in [0.1, 0.15) is 49.2 Å². The first kappa shape index (κ1) is 21.2. The quantitative estimate of drug-likeness (QED) is 0.705. The number of carbonyl (C=O) groups is 3. The highest BCUT2D eigenvalue weighted by Crippen LogP contribution is 2.20. The lowest BCUT2D eigenvalue weighted by molar-refractivity contribution is -0.131. The normalized spacial score (nSPS) is 11.4. The van der Waals surface area contributed by atoms with Crippen molar-refractivity contribution in [1.29, 1.82) is 0 Å². The molecule has 0 radical (unpaired) electrons. The maximum absolute atomic E-state index is 12.3. The summed E-state index contributed by atoms with van der Waals surface area (Å²) in [6, 6.07) is 16.1. The zero-order valence-corrected chi connectivity index (χ0v) is 16.5. The molecular formula is C22H26N2O4. The molecule has 6 nitrogen and oxygen atoms in total. The minimum Gasteiger partial charge on any atom is -0.462 e. The van der Waals surface area contributed by atoms with E-state index < -0.39 is 5.97 Å². The number of hydrogen-bond acceptors (Lipinski definition) is 4. The van der Waals surface area contributed by atoms with Crippen LogP contribution in [0.3, 0.4) is 0 Å². The summed E-state index contributed by atoms with van der Waals surface area (Å²) < 4.78 is 4.93. The van der Waals surface area contributed by atoms with Crippen LogP contribution in [0.2, 0.25) is 0 Å². The average Bonchev–Trinajstić information content (AvgIpc) is 2.69. The maximum Gasteiger partial charge on any atom is 0.338 e. The van der Waals surface area contributed by atoms with Gasteiger partial charge in [-0.25, -0.2) is 4.79 Å². The number of nitrogens with zero attached hydrogens (tertiary/aromatic N) is 1. The van der Waals surface area contributed by atoms with E-state index in [0.717, 1.165) is 5.56 Å². The molecule has 28 heavy (non-hydrogen) atoms. The van der Waals surface area contributed by atoms with Crippen molar-refractivity contribution in [2.75, 3.05) is 18.5 Å². The van der Waals surface area contributed by atoms with Gasteiger partial charge in [0.05, 0.1) is 18.2 Å². The Morgan fingerprint density at radius 2 is 1.68 bits per heavy atom. The molecule has 0 heterocycles. The standard InChI is InChI=1S/C22H26N2O4/c1-4-28-22(27)19-10-12-20(13-11-19)23-21(26)14-15-24(17(3)25)16(2)18-8-6-5-7-9-18/h5-13,16H,4,14-15H2,1-3H3,(H,23,26). The van der Waals surface area contributed by atoms with E-state index in [9.17, 15) is 14.4 Å². The lowest BCUT2D eigenvalue weighted by atomic mass is 10.1. The lowest BCUT2D eigenvalue weighted by Crippen LogP contribution is -2.34. The fraction of sp³-hybridized carbons (Fsp3) is 0.318. The molecule has 0 bridgehead atoms. The van der Waals surface area contributed by atoms with Gasteiger partial charge in [-0.3, -0.25) is 9.59 Å². The summed E-state index contributed by atoms with van der Waals surface area (Å²) >= 11 is 0. The smallest absolute Gasteiger partial charge is 0.338 e. The topological polar surface area (TPSA) is 75.7 Å². The predicted octanol–water partition coefficient (Wildman–Crippen LogP) is 3.80. The second-order valence-corrected chi connectivity index (χ2v) is 6.40. The third-order valence-electron chi connectivity index (χ3n) is 4.41. The molecular weight excluding hydrogens is 356 g/mol. The van der Waals surface area contributed by atoms with E-state index >= 15 is 0 Å². The first-order chi connectivity index (χ1) is 13.4. The highest BCUT2D eigenvalue weighted by Gasteiger charge is 2.19. The number of hydrogen-bond donors (Lipinski definition) is 1. The zero-order valence-electron chi connectivity index (χ0n) is 16.5. The summed E-state index contributed by atoms with van der Waals surface area (Å²) in [5.41, 5.74) is 2.04. The van der Waals surface area contributed by atoms with E-state index in [4.69, 9.17) is 4.74 Å². The van der Waals surface area contributed by atoms with Crippen molar-refractivity contribution >= 4 is 23.5 Å². The van der Waals surface area contributed by atoms with Gasteiger partial charge in [-0.2, -0.15) is 0 Å². The molecule has 0 aliphatic heterocycles. The summed E-state index contributed by atoms with van der Waals surface area (Å²) in [7, 11) is 0. The Hall–Kier alpha value is -3.15. The molecule has 2 amide bonds. The van der Waals surface area contributed by atoms with Crippen LogP contribution in [-0.4, -0.2) is 35.8 Å². The first-order valence-electron chi connectivity index (χ1n) is 9.31. The van der Waals surface area contributed by atoms with E-state index in [2.05, 4.69) is 5.32 Å². The Morgan fingerprint density at radius 1 is 1.04 bits per heavy atom. The maximum atomic E-state index is 12.3. The van der Waals surface area contributed by atoms with Crippen molar-refractivity contribution in [2.24, 2.45) is 0 Å². The predicted molar refractivity (Wildman–Crippen MR) is 108 cm³/mol. The molecule has 0 aliphatic rings. The minimum absolute atomic E-state index is 0.0806. The molecule has 0 saturated heterocycles. The SMILES string of the molecule is CCOC(=O)c1ccc(NC(=O)CCN(C(C)=O)C(C)c2ccccc2)cc1. The van der Waals surface area contributed by atoms with Crippen molar-refractivity contribution in [3.63, 3.8) is 0 Å². The molecule has 0 saturated carbocycles. The van der Waals surface area contributed by atoms with Crippen LogP contribution < -0.4 is 5.32 Å². The van der Waals surface area contributed by atoms with Gasteiger partial charge in [0.2, 0.25) is 11.8 Å². The second-order valence-electron chi connectivity index (χ2n) is 6.40. The van der Waals surface area contributed by atoms with Gasteiger partial charge in [0, 0.05) is 25.6 Å². The number of benzene rings is 2. The Labute approximate surface area is 165 Å². The molecule has 0 aromatic heterocycles. The Bertz CT molecular complexity index is 803. The Kier molecular flexibility index (Phi) is 7.75. The monoisotopic (exact) mass is 382 g/mol. The van der Waals surface area contributed by atoms with Gasteiger partial charge < -0.3 is 15.0 Å². The number of nitrogens with one attached hydrogen (secondary N) is 1. The van der Waals surface area contributed by atoms with Crippen molar-refractivity contribution in [3.8, 4) is 0 Å². The summed E-state index contributed by atoms with van der Waals surface area (Å²) in [6.07, 6.45) is 0.177. The van der Waals surface area contributed by atoms with Gasteiger partial charge in [-0.15, -0.1) is 0 Å². The number of carbonyl (C=O) groups excluding carboxylic acids is 3. The van der Waals surface area contributed by atoms with Crippen molar-refractivity contribution < 1.29 is 19.1 Å². The Balaban J connectivity index is 1.92. The average molecular weight is 382 g/mol. The van der Waals surface area contributed by atoms with Crippen LogP contribution in [0.15, 0.2) is 54.6 Å². The number of ether oxygens (including phenoxy) is 1. The fourth-order valence-corrected chi connectivity index (χ4v) is 2.88. The van der Waals surface area contributed by atoms with Crippen LogP contribution in [-0.2, 0) is 14.3 Å². The van der Waals surface area contributed by atoms with Crippen LogP contribution in [0.4, 0.5) is 5.69 Å². The number of esters is 1. The molecule has 148 valence electrons. The van der Waals surface area contributed by atoms with Gasteiger partial charge in [0.25, 0.3) is 0 Å². The van der Waals surface area contributed by atoms with Crippen molar-refractivity contribution in [2.45, 2.75) is 33.2 Å². The molecule has 6 heteroatoms. The molecule has 2 rings (SSSR count). The Morgan fingerprint density at radius 3 is 2.25 bits per heavy atom. The van der Waals surface area contributed by atoms with E-state index in [1.165, 1.54) is 6.92 Å². The highest BCUT2D eigenvalue weighted by molar-refractivity contribution is 5.93. The zero-order chi connectivity index (χ0) is 20.5. The van der Waals surface area contributed by atoms with Crippen LogP contribution in [0, 0.1) is 0 Å². The summed E-state index contributed by atoms with van der Waals surface area (Å²) in [5.74, 6) is -0.675. The molecule has 1 unspecified atom stereocenters. The van der Waals surface area contributed by atoms with Crippen LogP contribution in [0.25, 0.3) is 0 Å². The van der Waals surface area contributed by atoms with E-state index in [1.54, 1.807) is 36.1 Å². The largest absolute Gasteiger partial charge is 0.462 e.